The van der Waals surface area contributed by atoms with Gasteiger partial charge in [-0.2, -0.15) is 0 Å². The summed E-state index contributed by atoms with van der Waals surface area (Å²) in [5.41, 5.74) is 1.59. The van der Waals surface area contributed by atoms with E-state index in [9.17, 15) is 18.3 Å². The Morgan fingerprint density at radius 2 is 2.00 bits per heavy atom. The molecule has 1 amide bonds. The zero-order valence-corrected chi connectivity index (χ0v) is 16.7. The van der Waals surface area contributed by atoms with Crippen LogP contribution in [0.4, 0.5) is 5.69 Å². The molecule has 0 saturated heterocycles. The highest BCUT2D eigenvalue weighted by Crippen LogP contribution is 2.37. The van der Waals surface area contributed by atoms with Gasteiger partial charge in [-0.25, -0.2) is 8.42 Å². The minimum atomic E-state index is -3.99. The topological polar surface area (TPSA) is 113 Å². The number of aliphatic hydroxyl groups excluding tert-OH is 1. The molecule has 8 nitrogen and oxygen atoms in total. The fourth-order valence-corrected chi connectivity index (χ4v) is 4.34. The average molecular weight is 423 g/mol. The third-order valence-corrected chi connectivity index (χ3v) is 6.02. The van der Waals surface area contributed by atoms with Crippen molar-refractivity contribution >= 4 is 21.6 Å². The molecule has 0 bridgehead atoms. The summed E-state index contributed by atoms with van der Waals surface area (Å²) in [4.78, 5) is 13.7. The SMILES string of the molecule is CCN1C(=O)c2cccc(NS(=O)(=O)c3cccc(C#Cc4ccon4)c3)c2C1O. The fraction of sp³-hybridized carbons (Fsp3) is 0.143. The number of rotatable bonds is 4. The van der Waals surface area contributed by atoms with Gasteiger partial charge in [0, 0.05) is 29.3 Å². The maximum atomic E-state index is 13.0. The number of hydrogen-bond acceptors (Lipinski definition) is 6. The number of aliphatic hydroxyl groups is 1. The Kier molecular flexibility index (Phi) is 5.03. The van der Waals surface area contributed by atoms with Gasteiger partial charge in [-0.3, -0.25) is 9.52 Å². The molecule has 1 aliphatic rings. The number of sulfonamides is 1. The smallest absolute Gasteiger partial charge is 0.261 e. The van der Waals surface area contributed by atoms with Crippen LogP contribution in [0.5, 0.6) is 0 Å². The van der Waals surface area contributed by atoms with E-state index in [-0.39, 0.29) is 27.6 Å². The molecular formula is C21H17N3O5S. The van der Waals surface area contributed by atoms with Gasteiger partial charge in [0.05, 0.1) is 10.6 Å². The van der Waals surface area contributed by atoms with Crippen LogP contribution in [0.2, 0.25) is 0 Å². The van der Waals surface area contributed by atoms with E-state index in [4.69, 9.17) is 4.52 Å². The molecule has 2 N–H and O–H groups in total. The second kappa shape index (κ2) is 7.67. The first kappa shape index (κ1) is 19.7. The first-order chi connectivity index (χ1) is 14.4. The van der Waals surface area contributed by atoms with E-state index < -0.39 is 16.3 Å². The summed E-state index contributed by atoms with van der Waals surface area (Å²) < 4.78 is 33.1. The van der Waals surface area contributed by atoms with E-state index in [1.54, 1.807) is 37.3 Å². The number of hydrogen-bond donors (Lipinski definition) is 2. The Hall–Kier alpha value is -3.61. The van der Waals surface area contributed by atoms with Crippen LogP contribution in [0.25, 0.3) is 0 Å². The van der Waals surface area contributed by atoms with Gasteiger partial charge < -0.3 is 14.5 Å². The Balaban J connectivity index is 1.66. The maximum absolute atomic E-state index is 13.0. The molecule has 2 heterocycles. The van der Waals surface area contributed by atoms with Crippen molar-refractivity contribution in [2.24, 2.45) is 0 Å². The molecule has 4 rings (SSSR count). The van der Waals surface area contributed by atoms with Crippen LogP contribution < -0.4 is 4.72 Å². The van der Waals surface area contributed by atoms with Gasteiger partial charge in [-0.1, -0.05) is 23.2 Å². The van der Waals surface area contributed by atoms with Crippen molar-refractivity contribution in [1.29, 1.82) is 0 Å². The molecule has 0 aliphatic carbocycles. The normalized spacial score (nSPS) is 15.5. The van der Waals surface area contributed by atoms with Gasteiger partial charge in [0.1, 0.15) is 6.26 Å². The molecule has 1 atom stereocenters. The fourth-order valence-electron chi connectivity index (χ4n) is 3.21. The predicted octanol–water partition coefficient (Wildman–Crippen LogP) is 2.34. The van der Waals surface area contributed by atoms with E-state index in [1.807, 2.05) is 0 Å². The highest BCUT2D eigenvalue weighted by Gasteiger charge is 2.37. The molecule has 9 heteroatoms. The van der Waals surface area contributed by atoms with Gasteiger partial charge in [0.25, 0.3) is 15.9 Å². The molecule has 0 spiro atoms. The number of aromatic nitrogens is 1. The molecule has 2 aromatic carbocycles. The second-order valence-electron chi connectivity index (χ2n) is 6.50. The van der Waals surface area contributed by atoms with Crippen molar-refractivity contribution in [2.75, 3.05) is 11.3 Å². The van der Waals surface area contributed by atoms with E-state index in [1.165, 1.54) is 29.4 Å². The number of nitrogens with zero attached hydrogens (tertiary/aromatic N) is 2. The quantitative estimate of drug-likeness (QED) is 0.623. The van der Waals surface area contributed by atoms with Gasteiger partial charge in [0.2, 0.25) is 0 Å². The van der Waals surface area contributed by atoms with Crippen LogP contribution >= 0.6 is 0 Å². The molecule has 152 valence electrons. The van der Waals surface area contributed by atoms with E-state index in [2.05, 4.69) is 21.7 Å². The number of carbonyl (C=O) groups is 1. The Morgan fingerprint density at radius 1 is 1.20 bits per heavy atom. The number of nitrogens with one attached hydrogen (secondary N) is 1. The van der Waals surface area contributed by atoms with Gasteiger partial charge in [-0.15, -0.1) is 0 Å². The summed E-state index contributed by atoms with van der Waals surface area (Å²) in [5, 5.41) is 14.2. The molecule has 0 fully saturated rings. The zero-order chi connectivity index (χ0) is 21.3. The van der Waals surface area contributed by atoms with Crippen molar-refractivity contribution in [1.82, 2.24) is 10.1 Å². The predicted molar refractivity (Wildman–Crippen MR) is 108 cm³/mol. The first-order valence-corrected chi connectivity index (χ1v) is 10.6. The monoisotopic (exact) mass is 423 g/mol. The summed E-state index contributed by atoms with van der Waals surface area (Å²) in [5.74, 6) is 5.27. The van der Waals surface area contributed by atoms with E-state index in [0.717, 1.165) is 0 Å². The van der Waals surface area contributed by atoms with Crippen LogP contribution in [0.1, 0.15) is 40.3 Å². The number of fused-ring (bicyclic) bond motifs is 1. The number of carbonyl (C=O) groups excluding carboxylic acids is 1. The van der Waals surface area contributed by atoms with Crippen molar-refractivity contribution < 1.29 is 22.8 Å². The summed E-state index contributed by atoms with van der Waals surface area (Å²) in [6.07, 6.45) is 0.183. The lowest BCUT2D eigenvalue weighted by atomic mass is 10.1. The number of amides is 1. The Labute approximate surface area is 173 Å². The van der Waals surface area contributed by atoms with Gasteiger partial charge in [-0.05, 0) is 43.2 Å². The molecule has 1 aliphatic heterocycles. The van der Waals surface area contributed by atoms with Crippen molar-refractivity contribution in [3.05, 3.63) is 77.2 Å². The Bertz CT molecular complexity index is 1270. The van der Waals surface area contributed by atoms with Crippen LogP contribution in [0.15, 0.2) is 64.2 Å². The Morgan fingerprint density at radius 3 is 2.73 bits per heavy atom. The summed E-state index contributed by atoms with van der Waals surface area (Å²) >= 11 is 0. The van der Waals surface area contributed by atoms with Crippen LogP contribution in [0.3, 0.4) is 0 Å². The lowest BCUT2D eigenvalue weighted by Gasteiger charge is -2.19. The van der Waals surface area contributed by atoms with Crippen molar-refractivity contribution in [3.63, 3.8) is 0 Å². The van der Waals surface area contributed by atoms with Crippen LogP contribution in [-0.2, 0) is 10.0 Å². The summed E-state index contributed by atoms with van der Waals surface area (Å²) in [6, 6.07) is 12.4. The number of anilines is 1. The summed E-state index contributed by atoms with van der Waals surface area (Å²) in [7, 11) is -3.99. The molecule has 30 heavy (non-hydrogen) atoms. The zero-order valence-electron chi connectivity index (χ0n) is 15.9. The van der Waals surface area contributed by atoms with E-state index >= 15 is 0 Å². The lowest BCUT2D eigenvalue weighted by molar-refractivity contribution is 0.0206. The van der Waals surface area contributed by atoms with Crippen LogP contribution in [0, 0.1) is 11.8 Å². The molecule has 0 saturated carbocycles. The average Bonchev–Trinajstić information content (AvgIpc) is 3.34. The van der Waals surface area contributed by atoms with E-state index in [0.29, 0.717) is 17.8 Å². The van der Waals surface area contributed by atoms with Gasteiger partial charge in [0.15, 0.2) is 11.9 Å². The van der Waals surface area contributed by atoms with Crippen molar-refractivity contribution in [2.45, 2.75) is 18.0 Å². The standard InChI is InChI=1S/C21H17N3O5S/c1-2-24-20(25)17-7-4-8-18(19(17)21(24)26)23-30(27,28)16-6-3-5-14(13-16)9-10-15-11-12-29-22-15/h3-8,11-13,21,23,26H,2H2,1H3. The van der Waals surface area contributed by atoms with Crippen LogP contribution in [-0.4, -0.2) is 36.0 Å². The third-order valence-electron chi connectivity index (χ3n) is 4.65. The minimum absolute atomic E-state index is 0.00165. The second-order valence-corrected chi connectivity index (χ2v) is 8.18. The molecule has 1 unspecified atom stereocenters. The lowest BCUT2D eigenvalue weighted by Crippen LogP contribution is -2.27. The largest absolute Gasteiger partial charge is 0.369 e. The molecule has 3 aromatic rings. The molecule has 0 radical (unpaired) electrons. The molecular weight excluding hydrogens is 406 g/mol. The first-order valence-electron chi connectivity index (χ1n) is 9.08. The highest BCUT2D eigenvalue weighted by molar-refractivity contribution is 7.92. The summed E-state index contributed by atoms with van der Waals surface area (Å²) in [6.45, 7) is 2.04. The minimum Gasteiger partial charge on any atom is -0.369 e. The number of benzene rings is 2. The van der Waals surface area contributed by atoms with Crippen molar-refractivity contribution in [3.8, 4) is 11.8 Å². The maximum Gasteiger partial charge on any atom is 0.261 e. The highest BCUT2D eigenvalue weighted by atomic mass is 32.2. The third kappa shape index (κ3) is 3.54. The molecule has 1 aromatic heterocycles. The van der Waals surface area contributed by atoms with Gasteiger partial charge >= 0.3 is 0 Å².